The van der Waals surface area contributed by atoms with E-state index in [1.807, 2.05) is 31.2 Å². The molecule has 3 aromatic carbocycles. The van der Waals surface area contributed by atoms with Crippen LogP contribution in [0.3, 0.4) is 0 Å². The molecule has 0 aliphatic carbocycles. The Balaban J connectivity index is 1.53. The van der Waals surface area contributed by atoms with Crippen LogP contribution in [0.2, 0.25) is 0 Å². The summed E-state index contributed by atoms with van der Waals surface area (Å²) < 4.78 is 10.0. The van der Waals surface area contributed by atoms with Crippen molar-refractivity contribution < 1.29 is 9.53 Å². The number of carbonyl (C=O) groups is 1. The van der Waals surface area contributed by atoms with E-state index in [-0.39, 0.29) is 12.2 Å². The van der Waals surface area contributed by atoms with E-state index in [1.165, 1.54) is 28.0 Å². The first kappa shape index (κ1) is 29.6. The van der Waals surface area contributed by atoms with Gasteiger partial charge in [-0.2, -0.15) is 0 Å². The highest BCUT2D eigenvalue weighted by molar-refractivity contribution is 7.07. The van der Waals surface area contributed by atoms with Gasteiger partial charge in [0.25, 0.3) is 5.56 Å². The number of fused-ring (bicyclic) bond motifs is 2. The topological polar surface area (TPSA) is 65.6 Å². The van der Waals surface area contributed by atoms with E-state index in [0.717, 1.165) is 34.3 Å². The quantitative estimate of drug-likeness (QED) is 0.199. The molecule has 1 aliphatic heterocycles. The van der Waals surface area contributed by atoms with Crippen molar-refractivity contribution in [2.45, 2.75) is 60.0 Å². The summed E-state index contributed by atoms with van der Waals surface area (Å²) in [5.41, 5.74) is 8.50. The van der Waals surface area contributed by atoms with E-state index in [1.54, 1.807) is 11.5 Å². The van der Waals surface area contributed by atoms with Gasteiger partial charge in [-0.3, -0.25) is 9.36 Å². The molecule has 0 fully saturated rings. The lowest BCUT2D eigenvalue weighted by atomic mass is 9.93. The number of hydrogen-bond donors (Lipinski definition) is 0. The van der Waals surface area contributed by atoms with Crippen molar-refractivity contribution in [1.82, 2.24) is 9.13 Å². The van der Waals surface area contributed by atoms with E-state index in [4.69, 9.17) is 9.73 Å². The fraction of sp³-hybridized carbons (Fsp3) is 0.270. The van der Waals surface area contributed by atoms with Gasteiger partial charge in [-0.1, -0.05) is 97.5 Å². The Bertz CT molecular complexity index is 2090. The fourth-order valence-corrected chi connectivity index (χ4v) is 7.05. The van der Waals surface area contributed by atoms with Gasteiger partial charge in [0, 0.05) is 28.7 Å². The number of thiazole rings is 1. The monoisotopic (exact) mass is 603 g/mol. The zero-order valence-electron chi connectivity index (χ0n) is 26.0. The molecule has 224 valence electrons. The number of benzene rings is 3. The van der Waals surface area contributed by atoms with Gasteiger partial charge in [0.15, 0.2) is 4.80 Å². The largest absolute Gasteiger partial charge is 0.463 e. The summed E-state index contributed by atoms with van der Waals surface area (Å²) in [6.45, 7) is 13.1. The molecule has 3 heterocycles. The van der Waals surface area contributed by atoms with Gasteiger partial charge in [-0.25, -0.2) is 9.79 Å². The van der Waals surface area contributed by atoms with Crippen molar-refractivity contribution in [3.8, 4) is 0 Å². The standard InChI is InChI=1S/C37H37N3O3S/c1-7-43-36(42)33-24(5)38-37-40(34(33)28-18-16-27(17-19-28)22(2)3)35(41)32(44-37)20-30-25(6)39(31-11-9-8-10-29(30)31)21-26-14-12-23(4)13-15-26/h8-20,22,34H,7,21H2,1-6H3. The number of esters is 1. The highest BCUT2D eigenvalue weighted by Crippen LogP contribution is 2.32. The minimum absolute atomic E-state index is 0.171. The number of nitrogens with zero attached hydrogens (tertiary/aromatic N) is 3. The Kier molecular flexibility index (Phi) is 7.99. The molecular formula is C37H37N3O3S. The number of aromatic nitrogens is 2. The van der Waals surface area contributed by atoms with Gasteiger partial charge < -0.3 is 9.30 Å². The smallest absolute Gasteiger partial charge is 0.338 e. The van der Waals surface area contributed by atoms with Crippen LogP contribution in [0.25, 0.3) is 17.0 Å². The molecule has 0 saturated heterocycles. The normalized spacial score (nSPS) is 15.2. The second-order valence-electron chi connectivity index (χ2n) is 11.7. The molecule has 6 nitrogen and oxygen atoms in total. The molecule has 0 saturated carbocycles. The van der Waals surface area contributed by atoms with Crippen LogP contribution in [0.4, 0.5) is 0 Å². The average molecular weight is 604 g/mol. The number of aryl methyl sites for hydroxylation is 1. The van der Waals surface area contributed by atoms with Crippen LogP contribution in [0, 0.1) is 13.8 Å². The van der Waals surface area contributed by atoms with Crippen molar-refractivity contribution in [3.63, 3.8) is 0 Å². The van der Waals surface area contributed by atoms with Crippen LogP contribution in [-0.2, 0) is 16.1 Å². The molecule has 1 aliphatic rings. The van der Waals surface area contributed by atoms with Crippen molar-refractivity contribution in [1.29, 1.82) is 0 Å². The van der Waals surface area contributed by atoms with E-state index in [9.17, 15) is 9.59 Å². The Hall–Kier alpha value is -4.49. The molecule has 7 heteroatoms. The van der Waals surface area contributed by atoms with E-state index >= 15 is 0 Å². The third-order valence-corrected chi connectivity index (χ3v) is 9.44. The lowest BCUT2D eigenvalue weighted by Crippen LogP contribution is -2.40. The van der Waals surface area contributed by atoms with Crippen molar-refractivity contribution in [3.05, 3.63) is 137 Å². The number of rotatable bonds is 7. The summed E-state index contributed by atoms with van der Waals surface area (Å²) in [6, 6.07) is 24.5. The minimum Gasteiger partial charge on any atom is -0.463 e. The Morgan fingerprint density at radius 3 is 2.39 bits per heavy atom. The first-order chi connectivity index (χ1) is 21.2. The predicted molar refractivity (Wildman–Crippen MR) is 178 cm³/mol. The van der Waals surface area contributed by atoms with Gasteiger partial charge in [0.1, 0.15) is 0 Å². The first-order valence-electron chi connectivity index (χ1n) is 15.1. The molecular weight excluding hydrogens is 566 g/mol. The molecule has 0 amide bonds. The van der Waals surface area contributed by atoms with Crippen LogP contribution >= 0.6 is 11.3 Å². The summed E-state index contributed by atoms with van der Waals surface area (Å²) in [6.07, 6.45) is 2.00. The summed E-state index contributed by atoms with van der Waals surface area (Å²) >= 11 is 1.36. The second-order valence-corrected chi connectivity index (χ2v) is 12.7. The number of ether oxygens (including phenoxy) is 1. The number of allylic oxidation sites excluding steroid dienone is 1. The summed E-state index contributed by atoms with van der Waals surface area (Å²) in [5.74, 6) is -0.0831. The highest BCUT2D eigenvalue weighted by Gasteiger charge is 2.33. The van der Waals surface area contributed by atoms with Crippen LogP contribution < -0.4 is 14.9 Å². The molecule has 0 radical (unpaired) electrons. The van der Waals surface area contributed by atoms with Crippen molar-refractivity contribution in [2.24, 2.45) is 4.99 Å². The Morgan fingerprint density at radius 2 is 1.70 bits per heavy atom. The lowest BCUT2D eigenvalue weighted by Gasteiger charge is -2.25. The maximum atomic E-state index is 14.3. The molecule has 0 bridgehead atoms. The van der Waals surface area contributed by atoms with Gasteiger partial charge in [-0.15, -0.1) is 0 Å². The SMILES string of the molecule is CCOC(=O)C1=C(C)N=c2sc(=Cc3c(C)n(Cc4ccc(C)cc4)c4ccccc34)c(=O)n2C1c1ccc(C(C)C)cc1. The fourth-order valence-electron chi connectivity index (χ4n) is 6.02. The summed E-state index contributed by atoms with van der Waals surface area (Å²) in [5, 5.41) is 1.09. The van der Waals surface area contributed by atoms with Crippen LogP contribution in [0.5, 0.6) is 0 Å². The number of carbonyl (C=O) groups excluding carboxylic acids is 1. The van der Waals surface area contributed by atoms with E-state index in [0.29, 0.717) is 26.5 Å². The lowest BCUT2D eigenvalue weighted by molar-refractivity contribution is -0.139. The van der Waals surface area contributed by atoms with E-state index in [2.05, 4.69) is 86.9 Å². The molecule has 0 N–H and O–H groups in total. The summed E-state index contributed by atoms with van der Waals surface area (Å²) in [4.78, 5) is 32.9. The molecule has 6 rings (SSSR count). The Labute approximate surface area is 261 Å². The van der Waals surface area contributed by atoms with Gasteiger partial charge in [-0.05, 0) is 62.4 Å². The molecule has 1 atom stereocenters. The van der Waals surface area contributed by atoms with Gasteiger partial charge >= 0.3 is 5.97 Å². The molecule has 0 spiro atoms. The van der Waals surface area contributed by atoms with Crippen LogP contribution in [0.1, 0.15) is 73.2 Å². The molecule has 1 unspecified atom stereocenters. The average Bonchev–Trinajstić information content (AvgIpc) is 3.46. The maximum absolute atomic E-state index is 14.3. The second kappa shape index (κ2) is 11.9. The predicted octanol–water partition coefficient (Wildman–Crippen LogP) is 6.54. The minimum atomic E-state index is -0.627. The van der Waals surface area contributed by atoms with Crippen molar-refractivity contribution in [2.75, 3.05) is 6.61 Å². The van der Waals surface area contributed by atoms with Crippen molar-refractivity contribution >= 4 is 34.3 Å². The summed E-state index contributed by atoms with van der Waals surface area (Å²) in [7, 11) is 0. The third kappa shape index (κ3) is 5.26. The number of hydrogen-bond acceptors (Lipinski definition) is 5. The molecule has 5 aromatic rings. The number of para-hydroxylation sites is 1. The van der Waals surface area contributed by atoms with Crippen LogP contribution in [-0.4, -0.2) is 21.7 Å². The zero-order chi connectivity index (χ0) is 31.1. The highest BCUT2D eigenvalue weighted by atomic mass is 32.1. The van der Waals surface area contributed by atoms with Gasteiger partial charge in [0.05, 0.1) is 28.5 Å². The third-order valence-electron chi connectivity index (χ3n) is 8.45. The van der Waals surface area contributed by atoms with Gasteiger partial charge in [0.2, 0.25) is 0 Å². The maximum Gasteiger partial charge on any atom is 0.338 e. The van der Waals surface area contributed by atoms with Crippen LogP contribution in [0.15, 0.2) is 93.9 Å². The van der Waals surface area contributed by atoms with E-state index < -0.39 is 12.0 Å². The molecule has 2 aromatic heterocycles. The first-order valence-corrected chi connectivity index (χ1v) is 15.9. The zero-order valence-corrected chi connectivity index (χ0v) is 26.9. The molecule has 44 heavy (non-hydrogen) atoms. The Morgan fingerprint density at radius 1 is 1.00 bits per heavy atom.